The van der Waals surface area contributed by atoms with E-state index in [1.165, 1.54) is 0 Å². The zero-order valence-electron chi connectivity index (χ0n) is 15.2. The number of aryl methyl sites for hydroxylation is 2. The van der Waals surface area contributed by atoms with Crippen LogP contribution in [0.5, 0.6) is 0 Å². The van der Waals surface area contributed by atoms with Gasteiger partial charge in [0.05, 0.1) is 0 Å². The van der Waals surface area contributed by atoms with Crippen molar-refractivity contribution in [3.8, 4) is 0 Å². The van der Waals surface area contributed by atoms with Crippen molar-refractivity contribution in [2.45, 2.75) is 19.8 Å². The third-order valence-electron chi connectivity index (χ3n) is 4.52. The number of nitrogens with one attached hydrogen (secondary N) is 1. The van der Waals surface area contributed by atoms with Gasteiger partial charge in [-0.2, -0.15) is 0 Å². The first-order valence-corrected chi connectivity index (χ1v) is 9.31. The van der Waals surface area contributed by atoms with Gasteiger partial charge >= 0.3 is 0 Å². The summed E-state index contributed by atoms with van der Waals surface area (Å²) in [5.41, 5.74) is 4.81. The molecule has 0 saturated carbocycles. The Balaban J connectivity index is 1.76. The van der Waals surface area contributed by atoms with Crippen molar-refractivity contribution in [3.05, 3.63) is 52.0 Å². The molecule has 136 valence electrons. The number of hydrogen-bond acceptors (Lipinski definition) is 3. The van der Waals surface area contributed by atoms with Crippen LogP contribution in [0.3, 0.4) is 0 Å². The molecule has 0 radical (unpaired) electrons. The van der Waals surface area contributed by atoms with Crippen LogP contribution in [-0.2, 0) is 16.0 Å². The zero-order valence-corrected chi connectivity index (χ0v) is 16.8. The van der Waals surface area contributed by atoms with Gasteiger partial charge in [0.2, 0.25) is 11.8 Å². The topological polar surface area (TPSA) is 52.7 Å². The number of rotatable bonds is 4. The number of carbonyl (C=O) groups is 2. The van der Waals surface area contributed by atoms with E-state index in [2.05, 4.69) is 21.2 Å². The van der Waals surface area contributed by atoms with Gasteiger partial charge in [-0.25, -0.2) is 0 Å². The van der Waals surface area contributed by atoms with E-state index in [9.17, 15) is 9.59 Å². The van der Waals surface area contributed by atoms with Gasteiger partial charge in [0, 0.05) is 42.1 Å². The zero-order chi connectivity index (χ0) is 18.8. The fourth-order valence-corrected chi connectivity index (χ4v) is 3.62. The minimum Gasteiger partial charge on any atom is -0.377 e. The molecule has 0 unspecified atom stereocenters. The Bertz CT molecular complexity index is 864. The van der Waals surface area contributed by atoms with E-state index in [4.69, 9.17) is 0 Å². The predicted octanol–water partition coefficient (Wildman–Crippen LogP) is 3.74. The summed E-state index contributed by atoms with van der Waals surface area (Å²) in [7, 11) is 3.94. The summed E-state index contributed by atoms with van der Waals surface area (Å²) in [6.07, 6.45) is 1.13. The molecule has 0 saturated heterocycles. The smallest absolute Gasteiger partial charge is 0.244 e. The minimum atomic E-state index is -0.206. The van der Waals surface area contributed by atoms with Crippen molar-refractivity contribution in [1.29, 1.82) is 0 Å². The molecule has 3 rings (SSSR count). The Morgan fingerprint density at radius 1 is 1.19 bits per heavy atom. The fraction of sp³-hybridized carbons (Fsp3) is 0.300. The Labute approximate surface area is 162 Å². The van der Waals surface area contributed by atoms with Crippen molar-refractivity contribution >= 4 is 44.8 Å². The third kappa shape index (κ3) is 3.90. The van der Waals surface area contributed by atoms with Crippen LogP contribution in [0.25, 0.3) is 0 Å². The van der Waals surface area contributed by atoms with Crippen molar-refractivity contribution in [3.63, 3.8) is 0 Å². The molecule has 0 atom stereocenters. The SMILES string of the molecule is Cc1ccc(NC(=O)CN2C(=O)CCc3cc(Br)ccc32)cc1N(C)C. The van der Waals surface area contributed by atoms with Crippen LogP contribution in [-0.4, -0.2) is 32.5 Å². The minimum absolute atomic E-state index is 0.0125. The molecule has 1 aliphatic rings. The van der Waals surface area contributed by atoms with Gasteiger partial charge in [-0.15, -0.1) is 0 Å². The molecule has 0 spiro atoms. The van der Waals surface area contributed by atoms with E-state index >= 15 is 0 Å². The second kappa shape index (κ2) is 7.50. The first-order valence-electron chi connectivity index (χ1n) is 8.52. The Morgan fingerprint density at radius 2 is 1.96 bits per heavy atom. The fourth-order valence-electron chi connectivity index (χ4n) is 3.21. The maximum absolute atomic E-state index is 12.5. The van der Waals surface area contributed by atoms with Crippen LogP contribution >= 0.6 is 15.9 Å². The van der Waals surface area contributed by atoms with Crippen molar-refractivity contribution in [2.75, 3.05) is 35.8 Å². The summed E-state index contributed by atoms with van der Waals surface area (Å²) in [4.78, 5) is 28.5. The number of benzene rings is 2. The van der Waals surface area contributed by atoms with Crippen LogP contribution in [0.1, 0.15) is 17.5 Å². The lowest BCUT2D eigenvalue weighted by Crippen LogP contribution is -2.40. The number of halogens is 1. The van der Waals surface area contributed by atoms with Crippen molar-refractivity contribution < 1.29 is 9.59 Å². The Kier molecular flexibility index (Phi) is 5.32. The largest absolute Gasteiger partial charge is 0.377 e. The van der Waals surface area contributed by atoms with E-state index in [0.717, 1.165) is 32.7 Å². The number of nitrogens with zero attached hydrogens (tertiary/aromatic N) is 2. The second-order valence-corrected chi connectivity index (χ2v) is 7.61. The highest BCUT2D eigenvalue weighted by molar-refractivity contribution is 9.10. The normalized spacial score (nSPS) is 13.4. The third-order valence-corrected chi connectivity index (χ3v) is 5.01. The molecule has 1 aliphatic heterocycles. The molecule has 1 N–H and O–H groups in total. The second-order valence-electron chi connectivity index (χ2n) is 6.70. The first-order chi connectivity index (χ1) is 12.3. The predicted molar refractivity (Wildman–Crippen MR) is 109 cm³/mol. The van der Waals surface area contributed by atoms with Crippen LogP contribution in [0.15, 0.2) is 40.9 Å². The van der Waals surface area contributed by atoms with Crippen molar-refractivity contribution in [1.82, 2.24) is 0 Å². The first kappa shape index (κ1) is 18.5. The van der Waals surface area contributed by atoms with E-state index in [1.807, 2.05) is 62.3 Å². The average Bonchev–Trinajstić information content (AvgIpc) is 2.59. The lowest BCUT2D eigenvalue weighted by molar-refractivity contribution is -0.121. The van der Waals surface area contributed by atoms with Gasteiger partial charge in [0.1, 0.15) is 6.54 Å². The van der Waals surface area contributed by atoms with Gasteiger partial charge in [0.25, 0.3) is 0 Å². The van der Waals surface area contributed by atoms with E-state index in [1.54, 1.807) is 4.90 Å². The van der Waals surface area contributed by atoms with Gasteiger partial charge < -0.3 is 15.1 Å². The van der Waals surface area contributed by atoms with Gasteiger partial charge in [-0.3, -0.25) is 9.59 Å². The lowest BCUT2D eigenvalue weighted by Gasteiger charge is -2.29. The van der Waals surface area contributed by atoms with Gasteiger partial charge in [-0.1, -0.05) is 22.0 Å². The molecule has 1 heterocycles. The molecule has 0 aliphatic carbocycles. The number of hydrogen-bond donors (Lipinski definition) is 1. The summed E-state index contributed by atoms with van der Waals surface area (Å²) in [5, 5.41) is 2.91. The molecule has 2 aromatic rings. The quantitative estimate of drug-likeness (QED) is 0.826. The highest BCUT2D eigenvalue weighted by atomic mass is 79.9. The highest BCUT2D eigenvalue weighted by Gasteiger charge is 2.26. The molecule has 0 bridgehead atoms. The highest BCUT2D eigenvalue weighted by Crippen LogP contribution is 2.30. The van der Waals surface area contributed by atoms with E-state index in [-0.39, 0.29) is 18.4 Å². The van der Waals surface area contributed by atoms with Crippen LogP contribution in [0.4, 0.5) is 17.1 Å². The number of amides is 2. The van der Waals surface area contributed by atoms with Gasteiger partial charge in [-0.05, 0) is 54.8 Å². The number of fused-ring (bicyclic) bond motifs is 1. The van der Waals surface area contributed by atoms with Crippen LogP contribution < -0.4 is 15.1 Å². The Morgan fingerprint density at radius 3 is 2.69 bits per heavy atom. The molecule has 2 amide bonds. The average molecular weight is 416 g/mol. The molecule has 5 nitrogen and oxygen atoms in total. The maximum atomic E-state index is 12.5. The number of anilines is 3. The van der Waals surface area contributed by atoms with Crippen LogP contribution in [0.2, 0.25) is 0 Å². The maximum Gasteiger partial charge on any atom is 0.244 e. The lowest BCUT2D eigenvalue weighted by atomic mass is 10.0. The van der Waals surface area contributed by atoms with E-state index < -0.39 is 0 Å². The molecule has 6 heteroatoms. The molecular weight excluding hydrogens is 394 g/mol. The number of carbonyl (C=O) groups excluding carboxylic acids is 2. The summed E-state index contributed by atoms with van der Waals surface area (Å²) in [6.45, 7) is 2.04. The van der Waals surface area contributed by atoms with Gasteiger partial charge in [0.15, 0.2) is 0 Å². The Hall–Kier alpha value is -2.34. The molecule has 0 fully saturated rings. The van der Waals surface area contributed by atoms with Crippen LogP contribution in [0, 0.1) is 6.92 Å². The molecule has 0 aromatic heterocycles. The summed E-state index contributed by atoms with van der Waals surface area (Å²) < 4.78 is 0.978. The van der Waals surface area contributed by atoms with Crippen molar-refractivity contribution in [2.24, 2.45) is 0 Å². The monoisotopic (exact) mass is 415 g/mol. The summed E-state index contributed by atoms with van der Waals surface area (Å²) in [6, 6.07) is 11.6. The summed E-state index contributed by atoms with van der Waals surface area (Å²) >= 11 is 3.46. The molecular formula is C20H22BrN3O2. The molecule has 26 heavy (non-hydrogen) atoms. The standard InChI is InChI=1S/C20H22BrN3O2/c1-13-4-7-16(11-18(13)23(2)3)22-19(25)12-24-17-8-6-15(21)10-14(17)5-9-20(24)26/h4,6-8,10-11H,5,9,12H2,1-3H3,(H,22,25). The molecule has 2 aromatic carbocycles. The summed E-state index contributed by atoms with van der Waals surface area (Å²) in [5.74, 6) is -0.226. The van der Waals surface area contributed by atoms with E-state index in [0.29, 0.717) is 12.8 Å².